The van der Waals surface area contributed by atoms with Crippen molar-refractivity contribution < 1.29 is 9.53 Å². The summed E-state index contributed by atoms with van der Waals surface area (Å²) < 4.78 is 7.58. The van der Waals surface area contributed by atoms with E-state index in [1.165, 1.54) is 0 Å². The molecule has 1 amide bonds. The summed E-state index contributed by atoms with van der Waals surface area (Å²) in [6.45, 7) is 11.4. The van der Waals surface area contributed by atoms with E-state index in [-0.39, 0.29) is 11.8 Å². The fraction of sp³-hybridized carbons (Fsp3) is 0.538. The molecule has 3 aromatic rings. The Bertz CT molecular complexity index is 1240. The number of fused-ring (bicyclic) bond motifs is 1. The summed E-state index contributed by atoms with van der Waals surface area (Å²) >= 11 is 0. The van der Waals surface area contributed by atoms with Crippen LogP contribution in [0, 0.1) is 5.92 Å². The van der Waals surface area contributed by atoms with E-state index in [4.69, 9.17) is 9.72 Å². The van der Waals surface area contributed by atoms with E-state index >= 15 is 0 Å². The van der Waals surface area contributed by atoms with Gasteiger partial charge in [-0.05, 0) is 46.9 Å². The van der Waals surface area contributed by atoms with Gasteiger partial charge in [-0.2, -0.15) is 4.98 Å². The van der Waals surface area contributed by atoms with E-state index in [0.717, 1.165) is 30.2 Å². The Kier molecular flexibility index (Phi) is 6.23. The van der Waals surface area contributed by atoms with Crippen LogP contribution in [0.3, 0.4) is 0 Å². The van der Waals surface area contributed by atoms with Crippen LogP contribution in [0.1, 0.15) is 33.4 Å². The number of nitrogens with zero attached hydrogens (tertiary/aromatic N) is 7. The number of ether oxygens (including phenoxy) is 1. The van der Waals surface area contributed by atoms with Crippen molar-refractivity contribution in [2.45, 2.75) is 45.3 Å². The smallest absolute Gasteiger partial charge is 0.227 e. The van der Waals surface area contributed by atoms with Crippen LogP contribution >= 0.6 is 0 Å². The molecule has 36 heavy (non-hydrogen) atoms. The number of nitrogens with one attached hydrogen (secondary N) is 1. The number of carbonyl (C=O) groups is 1. The molecule has 0 aromatic carbocycles. The highest BCUT2D eigenvalue weighted by Gasteiger charge is 2.38. The number of pyridine rings is 1. The van der Waals surface area contributed by atoms with Crippen molar-refractivity contribution >= 4 is 23.3 Å². The largest absolute Gasteiger partial charge is 0.491 e. The second-order valence-electron chi connectivity index (χ2n) is 10.6. The first kappa shape index (κ1) is 24.3. The number of piperazine rings is 1. The Balaban J connectivity index is 1.27. The van der Waals surface area contributed by atoms with E-state index < -0.39 is 5.54 Å². The molecule has 3 aromatic heterocycles. The number of aromatic nitrogens is 4. The molecular weight excluding hydrogens is 456 g/mol. The lowest BCUT2D eigenvalue weighted by molar-refractivity contribution is -0.127. The van der Waals surface area contributed by atoms with Gasteiger partial charge in [0, 0.05) is 44.5 Å². The lowest BCUT2D eigenvalue weighted by atomic mass is 9.95. The molecule has 2 aliphatic rings. The first-order valence-electron chi connectivity index (χ1n) is 12.6. The minimum Gasteiger partial charge on any atom is -0.491 e. The van der Waals surface area contributed by atoms with Gasteiger partial charge in [0.2, 0.25) is 11.9 Å². The normalized spacial score (nSPS) is 21.5. The second kappa shape index (κ2) is 9.24. The van der Waals surface area contributed by atoms with Crippen LogP contribution in [0.4, 0.5) is 11.8 Å². The molecule has 0 aliphatic carbocycles. The minimum atomic E-state index is -0.563. The van der Waals surface area contributed by atoms with Crippen LogP contribution in [-0.4, -0.2) is 82.6 Å². The molecule has 0 spiro atoms. The molecule has 10 heteroatoms. The molecule has 2 atom stereocenters. The molecule has 0 saturated carbocycles. The van der Waals surface area contributed by atoms with E-state index in [0.29, 0.717) is 36.9 Å². The first-order chi connectivity index (χ1) is 17.2. The number of carbonyl (C=O) groups excluding carboxylic acids is 1. The van der Waals surface area contributed by atoms with Crippen LogP contribution in [0.2, 0.25) is 0 Å². The maximum atomic E-state index is 13.2. The predicted octanol–water partition coefficient (Wildman–Crippen LogP) is 2.15. The first-order valence-corrected chi connectivity index (χ1v) is 12.6. The summed E-state index contributed by atoms with van der Waals surface area (Å²) in [4.78, 5) is 33.8. The summed E-state index contributed by atoms with van der Waals surface area (Å²) in [6.07, 6.45) is 5.54. The van der Waals surface area contributed by atoms with Crippen molar-refractivity contribution in [2.24, 2.45) is 5.92 Å². The molecule has 0 radical (unpaired) electrons. The number of hydrogen-bond donors (Lipinski definition) is 1. The van der Waals surface area contributed by atoms with Gasteiger partial charge in [0.15, 0.2) is 11.6 Å². The zero-order valence-corrected chi connectivity index (χ0v) is 22.0. The number of hydrogen-bond acceptors (Lipinski definition) is 8. The van der Waals surface area contributed by atoms with E-state index in [9.17, 15) is 4.79 Å². The van der Waals surface area contributed by atoms with E-state index in [1.54, 1.807) is 13.3 Å². The maximum Gasteiger partial charge on any atom is 0.227 e. The SMILES string of the molecule is COc1cnc(N2C[C@@H](C)N(C)[C@H](C)C2)nc1N1CC(C(=O)NC(C)(C)c2cnc3ccccn23)C1. The van der Waals surface area contributed by atoms with Gasteiger partial charge in [-0.3, -0.25) is 9.69 Å². The van der Waals surface area contributed by atoms with E-state index in [1.807, 2.05) is 48.8 Å². The highest BCUT2D eigenvalue weighted by molar-refractivity contribution is 5.83. The third-order valence-electron chi connectivity index (χ3n) is 7.63. The Hall–Kier alpha value is -3.40. The van der Waals surface area contributed by atoms with Gasteiger partial charge in [0.05, 0.1) is 36.7 Å². The summed E-state index contributed by atoms with van der Waals surface area (Å²) in [5, 5.41) is 3.23. The highest BCUT2D eigenvalue weighted by atomic mass is 16.5. The lowest BCUT2D eigenvalue weighted by Gasteiger charge is -2.43. The Labute approximate surface area is 212 Å². The predicted molar refractivity (Wildman–Crippen MR) is 140 cm³/mol. The fourth-order valence-electron chi connectivity index (χ4n) is 5.13. The molecule has 192 valence electrons. The van der Waals surface area contributed by atoms with Crippen molar-refractivity contribution in [1.29, 1.82) is 0 Å². The van der Waals surface area contributed by atoms with Crippen LogP contribution in [0.15, 0.2) is 36.8 Å². The number of likely N-dealkylation sites (N-methyl/N-ethyl adjacent to an activating group) is 1. The average Bonchev–Trinajstić information content (AvgIpc) is 3.26. The zero-order valence-electron chi connectivity index (χ0n) is 22.0. The zero-order chi connectivity index (χ0) is 25.6. The third kappa shape index (κ3) is 4.34. The molecule has 0 bridgehead atoms. The Morgan fingerprint density at radius 1 is 1.06 bits per heavy atom. The van der Waals surface area contributed by atoms with Crippen LogP contribution in [-0.2, 0) is 10.3 Å². The molecule has 2 saturated heterocycles. The number of methoxy groups -OCH3 is 1. The molecule has 10 nitrogen and oxygen atoms in total. The van der Waals surface area contributed by atoms with Crippen LogP contribution < -0.4 is 19.9 Å². The second-order valence-corrected chi connectivity index (χ2v) is 10.6. The maximum absolute atomic E-state index is 13.2. The lowest BCUT2D eigenvalue weighted by Crippen LogP contribution is -2.57. The van der Waals surface area contributed by atoms with Gasteiger partial charge in [0.25, 0.3) is 0 Å². The molecule has 0 unspecified atom stereocenters. The van der Waals surface area contributed by atoms with Crippen molar-refractivity contribution in [3.8, 4) is 5.75 Å². The molecular formula is C26H36N8O2. The number of imidazole rings is 1. The van der Waals surface area contributed by atoms with Gasteiger partial charge < -0.3 is 24.3 Å². The fourth-order valence-corrected chi connectivity index (χ4v) is 5.13. The molecule has 5 rings (SSSR count). The third-order valence-corrected chi connectivity index (χ3v) is 7.63. The van der Waals surface area contributed by atoms with Gasteiger partial charge in [0.1, 0.15) is 5.65 Å². The summed E-state index contributed by atoms with van der Waals surface area (Å²) in [5.74, 6) is 1.97. The summed E-state index contributed by atoms with van der Waals surface area (Å²) in [6, 6.07) is 6.70. The Morgan fingerprint density at radius 3 is 2.47 bits per heavy atom. The minimum absolute atomic E-state index is 0.0251. The average molecular weight is 493 g/mol. The van der Waals surface area contributed by atoms with Gasteiger partial charge in [-0.15, -0.1) is 0 Å². The molecule has 2 fully saturated rings. The quantitative estimate of drug-likeness (QED) is 0.560. The van der Waals surface area contributed by atoms with Gasteiger partial charge in [-0.25, -0.2) is 9.97 Å². The van der Waals surface area contributed by atoms with Crippen molar-refractivity contribution in [3.05, 3.63) is 42.5 Å². The number of amides is 1. The molecule has 5 heterocycles. The number of rotatable bonds is 6. The Morgan fingerprint density at radius 2 is 1.78 bits per heavy atom. The molecule has 1 N–H and O–H groups in total. The van der Waals surface area contributed by atoms with Crippen LogP contribution in [0.25, 0.3) is 5.65 Å². The van der Waals surface area contributed by atoms with Gasteiger partial charge >= 0.3 is 0 Å². The van der Waals surface area contributed by atoms with Gasteiger partial charge in [-0.1, -0.05) is 6.07 Å². The van der Waals surface area contributed by atoms with Crippen molar-refractivity contribution in [1.82, 2.24) is 29.6 Å². The van der Waals surface area contributed by atoms with Crippen molar-refractivity contribution in [3.63, 3.8) is 0 Å². The van der Waals surface area contributed by atoms with E-state index in [2.05, 4.69) is 50.9 Å². The summed E-state index contributed by atoms with van der Waals surface area (Å²) in [5.41, 5.74) is 1.24. The monoisotopic (exact) mass is 492 g/mol. The summed E-state index contributed by atoms with van der Waals surface area (Å²) in [7, 11) is 3.79. The highest BCUT2D eigenvalue weighted by Crippen LogP contribution is 2.33. The number of anilines is 2. The van der Waals surface area contributed by atoms with Crippen LogP contribution in [0.5, 0.6) is 5.75 Å². The standard InChI is InChI=1S/C26H36N8O2/c1-17-13-33(14-18(2)31(17)5)25-28-11-20(36-6)23(29-25)32-15-19(16-32)24(35)30-26(3,4)21-12-27-22-9-7-8-10-34(21)22/h7-12,17-19H,13-16H2,1-6H3,(H,30,35)/t17-,18-/m1/s1. The molecule has 2 aliphatic heterocycles. The van der Waals surface area contributed by atoms with Crippen molar-refractivity contribution in [2.75, 3.05) is 50.1 Å². The topological polar surface area (TPSA) is 91.1 Å².